The van der Waals surface area contributed by atoms with Crippen molar-refractivity contribution in [1.29, 1.82) is 0 Å². The van der Waals surface area contributed by atoms with Gasteiger partial charge in [-0.3, -0.25) is 4.79 Å². The van der Waals surface area contributed by atoms with Gasteiger partial charge in [-0.2, -0.15) is 0 Å². The monoisotopic (exact) mass is 253 g/mol. The zero-order chi connectivity index (χ0) is 12.8. The third kappa shape index (κ3) is 2.88. The fourth-order valence-corrected chi connectivity index (χ4v) is 2.31. The molecule has 0 bridgehead atoms. The number of ether oxygens (including phenoxy) is 1. The Morgan fingerprint density at radius 2 is 2.39 bits per heavy atom. The Hall–Kier alpha value is -1.40. The molecule has 1 saturated heterocycles. The quantitative estimate of drug-likeness (QED) is 0.789. The van der Waals surface area contributed by atoms with Gasteiger partial charge in [0.2, 0.25) is 5.91 Å². The molecular weight excluding hydrogens is 234 g/mol. The second kappa shape index (κ2) is 5.97. The van der Waals surface area contributed by atoms with Crippen molar-refractivity contribution in [3.8, 4) is 0 Å². The molecule has 0 spiro atoms. The Bertz CT molecular complexity index is 366. The zero-order valence-electron chi connectivity index (χ0n) is 10.6. The van der Waals surface area contributed by atoms with Crippen LogP contribution in [0, 0.1) is 5.41 Å². The number of hydrogen-bond donors (Lipinski definition) is 2. The van der Waals surface area contributed by atoms with Crippen molar-refractivity contribution in [3.63, 3.8) is 0 Å². The minimum absolute atomic E-state index is 0.0360. The van der Waals surface area contributed by atoms with Gasteiger partial charge in [0, 0.05) is 13.2 Å². The largest absolute Gasteiger partial charge is 0.384 e. The van der Waals surface area contributed by atoms with Gasteiger partial charge in [-0.15, -0.1) is 0 Å². The maximum atomic E-state index is 12.3. The summed E-state index contributed by atoms with van der Waals surface area (Å²) in [7, 11) is 1.63. The molecule has 0 radical (unpaired) electrons. The average Bonchev–Trinajstić information content (AvgIpc) is 2.90. The average molecular weight is 253 g/mol. The van der Waals surface area contributed by atoms with Crippen molar-refractivity contribution in [1.82, 2.24) is 15.8 Å². The van der Waals surface area contributed by atoms with E-state index in [1.807, 2.05) is 0 Å². The summed E-state index contributed by atoms with van der Waals surface area (Å²) in [6.45, 7) is 2.55. The first-order valence-electron chi connectivity index (χ1n) is 6.14. The maximum Gasteiger partial charge on any atom is 0.228 e. The first kappa shape index (κ1) is 13.0. The number of carbonyl (C=O) groups excluding carboxylic acids is 1. The van der Waals surface area contributed by atoms with Crippen LogP contribution >= 0.6 is 0 Å². The van der Waals surface area contributed by atoms with E-state index in [1.165, 1.54) is 6.26 Å². The van der Waals surface area contributed by atoms with Crippen LogP contribution in [0.25, 0.3) is 0 Å². The number of aromatic nitrogens is 1. The molecule has 1 fully saturated rings. The smallest absolute Gasteiger partial charge is 0.228 e. The van der Waals surface area contributed by atoms with Crippen molar-refractivity contribution >= 4 is 5.91 Å². The van der Waals surface area contributed by atoms with E-state index in [4.69, 9.17) is 9.26 Å². The van der Waals surface area contributed by atoms with Crippen LogP contribution in [0.4, 0.5) is 0 Å². The van der Waals surface area contributed by atoms with Crippen LogP contribution in [-0.2, 0) is 16.1 Å². The van der Waals surface area contributed by atoms with E-state index in [9.17, 15) is 4.79 Å². The van der Waals surface area contributed by atoms with Crippen molar-refractivity contribution in [2.45, 2.75) is 19.4 Å². The normalized spacial score (nSPS) is 18.5. The van der Waals surface area contributed by atoms with Gasteiger partial charge < -0.3 is 19.9 Å². The van der Waals surface area contributed by atoms with Gasteiger partial charge in [0.1, 0.15) is 12.0 Å². The highest BCUT2D eigenvalue weighted by atomic mass is 16.5. The number of amides is 1. The van der Waals surface area contributed by atoms with Crippen molar-refractivity contribution in [3.05, 3.63) is 18.0 Å². The third-order valence-corrected chi connectivity index (χ3v) is 3.38. The molecule has 2 heterocycles. The number of nitrogens with one attached hydrogen (secondary N) is 2. The highest BCUT2D eigenvalue weighted by Crippen LogP contribution is 2.29. The molecule has 1 amide bonds. The molecule has 0 atom stereocenters. The summed E-state index contributed by atoms with van der Waals surface area (Å²) in [5, 5.41) is 9.94. The van der Waals surface area contributed by atoms with Crippen molar-refractivity contribution < 1.29 is 14.1 Å². The van der Waals surface area contributed by atoms with Crippen molar-refractivity contribution in [2.75, 3.05) is 26.8 Å². The van der Waals surface area contributed by atoms with Gasteiger partial charge in [0.15, 0.2) is 0 Å². The fourth-order valence-electron chi connectivity index (χ4n) is 2.31. The van der Waals surface area contributed by atoms with E-state index in [-0.39, 0.29) is 5.91 Å². The molecule has 2 N–H and O–H groups in total. The van der Waals surface area contributed by atoms with Crippen LogP contribution in [0.15, 0.2) is 16.9 Å². The second-order valence-corrected chi connectivity index (χ2v) is 4.64. The summed E-state index contributed by atoms with van der Waals surface area (Å²) in [6.07, 6.45) is 3.09. The third-order valence-electron chi connectivity index (χ3n) is 3.38. The number of piperidine rings is 1. The molecule has 1 aromatic rings. The SMILES string of the molecule is COCC1(C(=O)NCc2ccon2)CCNCC1. The van der Waals surface area contributed by atoms with Crippen LogP contribution < -0.4 is 10.6 Å². The molecular formula is C12H19N3O3. The van der Waals surface area contributed by atoms with E-state index in [1.54, 1.807) is 13.2 Å². The standard InChI is InChI=1S/C12H19N3O3/c1-17-9-12(3-5-13-6-4-12)11(16)14-8-10-2-7-18-15-10/h2,7,13H,3-6,8-9H2,1H3,(H,14,16). The Kier molecular flexibility index (Phi) is 4.33. The lowest BCUT2D eigenvalue weighted by molar-refractivity contribution is -0.136. The maximum absolute atomic E-state index is 12.3. The fraction of sp³-hybridized carbons (Fsp3) is 0.667. The first-order chi connectivity index (χ1) is 8.77. The summed E-state index contributed by atoms with van der Waals surface area (Å²) >= 11 is 0. The lowest BCUT2D eigenvalue weighted by Crippen LogP contribution is -2.50. The predicted octanol–water partition coefficient (Wildman–Crippen LogP) is 0.307. The number of carbonyl (C=O) groups is 1. The van der Waals surface area contributed by atoms with E-state index in [0.717, 1.165) is 31.6 Å². The van der Waals surface area contributed by atoms with Crippen LogP contribution in [0.1, 0.15) is 18.5 Å². The van der Waals surface area contributed by atoms with Crippen LogP contribution in [-0.4, -0.2) is 37.9 Å². The molecule has 6 heteroatoms. The number of hydrogen-bond acceptors (Lipinski definition) is 5. The highest BCUT2D eigenvalue weighted by Gasteiger charge is 2.39. The van der Waals surface area contributed by atoms with Gasteiger partial charge in [-0.1, -0.05) is 5.16 Å². The molecule has 6 nitrogen and oxygen atoms in total. The minimum atomic E-state index is -0.413. The lowest BCUT2D eigenvalue weighted by Gasteiger charge is -2.35. The summed E-state index contributed by atoms with van der Waals surface area (Å²) in [4.78, 5) is 12.3. The zero-order valence-corrected chi connectivity index (χ0v) is 10.6. The van der Waals surface area contributed by atoms with Gasteiger partial charge in [-0.05, 0) is 25.9 Å². The molecule has 1 aromatic heterocycles. The molecule has 1 aliphatic heterocycles. The Labute approximate surface area is 106 Å². The molecule has 18 heavy (non-hydrogen) atoms. The summed E-state index contributed by atoms with van der Waals surface area (Å²) < 4.78 is 9.95. The highest BCUT2D eigenvalue weighted by molar-refractivity contribution is 5.82. The van der Waals surface area contributed by atoms with Gasteiger partial charge in [0.05, 0.1) is 18.6 Å². The number of nitrogens with zero attached hydrogens (tertiary/aromatic N) is 1. The van der Waals surface area contributed by atoms with Crippen molar-refractivity contribution in [2.24, 2.45) is 5.41 Å². The molecule has 0 aromatic carbocycles. The number of methoxy groups -OCH3 is 1. The molecule has 0 saturated carbocycles. The van der Waals surface area contributed by atoms with E-state index in [0.29, 0.717) is 13.2 Å². The summed E-state index contributed by atoms with van der Waals surface area (Å²) in [5.41, 5.74) is 0.314. The first-order valence-corrected chi connectivity index (χ1v) is 6.14. The Morgan fingerprint density at radius 1 is 1.61 bits per heavy atom. The Balaban J connectivity index is 1.95. The topological polar surface area (TPSA) is 76.4 Å². The minimum Gasteiger partial charge on any atom is -0.384 e. The van der Waals surface area contributed by atoms with Gasteiger partial charge in [-0.25, -0.2) is 0 Å². The van der Waals surface area contributed by atoms with E-state index >= 15 is 0 Å². The molecule has 1 aliphatic rings. The predicted molar refractivity (Wildman–Crippen MR) is 64.8 cm³/mol. The molecule has 0 unspecified atom stereocenters. The van der Waals surface area contributed by atoms with Crippen LogP contribution in [0.2, 0.25) is 0 Å². The second-order valence-electron chi connectivity index (χ2n) is 4.64. The van der Waals surface area contributed by atoms with Gasteiger partial charge in [0.25, 0.3) is 0 Å². The number of rotatable bonds is 5. The van der Waals surface area contributed by atoms with E-state index < -0.39 is 5.41 Å². The van der Waals surface area contributed by atoms with Crippen LogP contribution in [0.3, 0.4) is 0 Å². The molecule has 100 valence electrons. The van der Waals surface area contributed by atoms with Crippen LogP contribution in [0.5, 0.6) is 0 Å². The summed E-state index contributed by atoms with van der Waals surface area (Å²) in [5.74, 6) is 0.0360. The molecule has 2 rings (SSSR count). The van der Waals surface area contributed by atoms with E-state index in [2.05, 4.69) is 15.8 Å². The molecule has 0 aliphatic carbocycles. The summed E-state index contributed by atoms with van der Waals surface area (Å²) in [6, 6.07) is 1.74. The lowest BCUT2D eigenvalue weighted by atomic mass is 9.78. The van der Waals surface area contributed by atoms with Gasteiger partial charge >= 0.3 is 0 Å². The Morgan fingerprint density at radius 3 is 3.00 bits per heavy atom.